The van der Waals surface area contributed by atoms with E-state index in [0.717, 1.165) is 0 Å². The molecule has 1 aliphatic heterocycles. The van der Waals surface area contributed by atoms with Crippen LogP contribution in [-0.2, 0) is 14.3 Å². The van der Waals surface area contributed by atoms with Crippen LogP contribution in [0.4, 0.5) is 0 Å². The van der Waals surface area contributed by atoms with Crippen molar-refractivity contribution in [2.75, 3.05) is 33.5 Å². The van der Waals surface area contributed by atoms with Crippen LogP contribution >= 0.6 is 0 Å². The molecule has 1 heterocycles. The topological polar surface area (TPSA) is 85.3 Å². The molecule has 1 atom stereocenters. The van der Waals surface area contributed by atoms with Gasteiger partial charge >= 0.3 is 0 Å². The summed E-state index contributed by atoms with van der Waals surface area (Å²) in [7, 11) is 1.59. The average Bonchev–Trinajstić information content (AvgIpc) is 3.05. The lowest BCUT2D eigenvalue weighted by Gasteiger charge is -2.25. The van der Waals surface area contributed by atoms with Crippen LogP contribution < -0.4 is 9.47 Å². The number of methoxy groups -OCH3 is 1. The molecule has 170 valence electrons. The van der Waals surface area contributed by atoms with Crippen LogP contribution in [0.5, 0.6) is 11.5 Å². The number of ketones is 1. The molecular weight excluding hydrogens is 410 g/mol. The van der Waals surface area contributed by atoms with Crippen molar-refractivity contribution in [3.05, 3.63) is 65.2 Å². The summed E-state index contributed by atoms with van der Waals surface area (Å²) in [4.78, 5) is 27.4. The number of carbonyl (C=O) groups excluding carboxylic acids is 2. The summed E-state index contributed by atoms with van der Waals surface area (Å²) in [5, 5.41) is 11.1. The van der Waals surface area contributed by atoms with Crippen molar-refractivity contribution in [3.8, 4) is 11.5 Å². The van der Waals surface area contributed by atoms with E-state index in [0.29, 0.717) is 55.4 Å². The van der Waals surface area contributed by atoms with Gasteiger partial charge in [0.15, 0.2) is 0 Å². The Balaban J connectivity index is 2.08. The number of likely N-dealkylation sites (tertiary alicyclic amines) is 1. The van der Waals surface area contributed by atoms with Crippen LogP contribution in [-0.4, -0.2) is 55.2 Å². The predicted octanol–water partition coefficient (Wildman–Crippen LogP) is 3.94. The fourth-order valence-corrected chi connectivity index (χ4v) is 3.80. The Morgan fingerprint density at radius 3 is 2.34 bits per heavy atom. The lowest BCUT2D eigenvalue weighted by Crippen LogP contribution is -2.31. The van der Waals surface area contributed by atoms with Crippen molar-refractivity contribution in [2.24, 2.45) is 0 Å². The highest BCUT2D eigenvalue weighted by Gasteiger charge is 2.45. The van der Waals surface area contributed by atoms with Crippen molar-refractivity contribution in [1.82, 2.24) is 4.90 Å². The van der Waals surface area contributed by atoms with Gasteiger partial charge < -0.3 is 24.2 Å². The molecule has 0 aromatic heterocycles. The number of hydrogen-bond acceptors (Lipinski definition) is 6. The molecule has 2 aromatic carbocycles. The number of nitrogens with zero attached hydrogens (tertiary/aromatic N) is 1. The molecule has 1 saturated heterocycles. The first kappa shape index (κ1) is 23.3. The maximum atomic E-state index is 13.0. The zero-order valence-electron chi connectivity index (χ0n) is 18.7. The molecule has 3 rings (SSSR count). The zero-order chi connectivity index (χ0) is 23.1. The second kappa shape index (κ2) is 10.8. The fourth-order valence-electron chi connectivity index (χ4n) is 3.80. The van der Waals surface area contributed by atoms with E-state index in [-0.39, 0.29) is 11.3 Å². The van der Waals surface area contributed by atoms with Gasteiger partial charge in [-0.05, 0) is 50.1 Å². The molecule has 32 heavy (non-hydrogen) atoms. The molecule has 1 amide bonds. The maximum Gasteiger partial charge on any atom is 0.295 e. The standard InChI is InChI=1S/C25H29NO6/c1-4-31-19-12-10-17(11-13-19)22-21(24(28)25(29)26(22)14-7-15-30-3)23(27)18-8-6-9-20(16-18)32-5-2/h6,8-13,16,22,27H,4-5,7,14-15H2,1-3H3/b23-21+. The average molecular weight is 440 g/mol. The molecule has 0 bridgehead atoms. The third-order valence-electron chi connectivity index (χ3n) is 5.21. The van der Waals surface area contributed by atoms with E-state index in [1.165, 1.54) is 4.90 Å². The van der Waals surface area contributed by atoms with Gasteiger partial charge in [0, 0.05) is 25.8 Å². The summed E-state index contributed by atoms with van der Waals surface area (Å²) in [6, 6.07) is 13.4. The number of aliphatic hydroxyl groups excluding tert-OH is 1. The highest BCUT2D eigenvalue weighted by Crippen LogP contribution is 2.40. The molecule has 1 fully saturated rings. The minimum absolute atomic E-state index is 0.0604. The number of amides is 1. The van der Waals surface area contributed by atoms with Crippen LogP contribution in [0, 0.1) is 0 Å². The summed E-state index contributed by atoms with van der Waals surface area (Å²) in [6.07, 6.45) is 0.566. The van der Waals surface area contributed by atoms with Gasteiger partial charge in [0.2, 0.25) is 0 Å². The van der Waals surface area contributed by atoms with E-state index in [4.69, 9.17) is 14.2 Å². The molecule has 0 spiro atoms. The molecular formula is C25H29NO6. The largest absolute Gasteiger partial charge is 0.507 e. The minimum atomic E-state index is -0.710. The Morgan fingerprint density at radius 2 is 1.69 bits per heavy atom. The minimum Gasteiger partial charge on any atom is -0.507 e. The SMILES string of the molecule is CCOc1ccc(C2/C(=C(\O)c3cccc(OCC)c3)C(=O)C(=O)N2CCCOC)cc1. The number of carbonyl (C=O) groups is 2. The van der Waals surface area contributed by atoms with Crippen molar-refractivity contribution >= 4 is 17.4 Å². The van der Waals surface area contributed by atoms with Gasteiger partial charge in [-0.2, -0.15) is 0 Å². The third-order valence-corrected chi connectivity index (χ3v) is 5.21. The van der Waals surface area contributed by atoms with Crippen molar-refractivity contribution in [1.29, 1.82) is 0 Å². The fraction of sp³-hybridized carbons (Fsp3) is 0.360. The smallest absolute Gasteiger partial charge is 0.295 e. The van der Waals surface area contributed by atoms with E-state index >= 15 is 0 Å². The molecule has 1 N–H and O–H groups in total. The molecule has 2 aromatic rings. The van der Waals surface area contributed by atoms with Crippen LogP contribution in [0.15, 0.2) is 54.1 Å². The Kier molecular flexibility index (Phi) is 7.89. The van der Waals surface area contributed by atoms with E-state index < -0.39 is 17.7 Å². The normalized spacial score (nSPS) is 17.6. The van der Waals surface area contributed by atoms with Crippen LogP contribution in [0.1, 0.15) is 37.4 Å². The quantitative estimate of drug-likeness (QED) is 0.261. The zero-order valence-corrected chi connectivity index (χ0v) is 18.7. The number of ether oxygens (including phenoxy) is 3. The molecule has 7 nitrogen and oxygen atoms in total. The van der Waals surface area contributed by atoms with Crippen molar-refractivity contribution in [2.45, 2.75) is 26.3 Å². The van der Waals surface area contributed by atoms with Crippen LogP contribution in [0.2, 0.25) is 0 Å². The Morgan fingerprint density at radius 1 is 1.00 bits per heavy atom. The first-order valence-corrected chi connectivity index (χ1v) is 10.7. The van der Waals surface area contributed by atoms with Gasteiger partial charge in [-0.3, -0.25) is 9.59 Å². The van der Waals surface area contributed by atoms with Gasteiger partial charge in [-0.15, -0.1) is 0 Å². The molecule has 0 saturated carbocycles. The maximum absolute atomic E-state index is 13.0. The van der Waals surface area contributed by atoms with Gasteiger partial charge in [-0.25, -0.2) is 0 Å². The highest BCUT2D eigenvalue weighted by molar-refractivity contribution is 6.46. The molecule has 1 aliphatic rings. The highest BCUT2D eigenvalue weighted by atomic mass is 16.5. The summed E-state index contributed by atoms with van der Waals surface area (Å²) < 4.78 is 16.1. The number of Topliss-reactive ketones (excluding diaryl/α,β-unsaturated/α-hetero) is 1. The molecule has 0 radical (unpaired) electrons. The second-order valence-corrected chi connectivity index (χ2v) is 7.30. The molecule has 1 unspecified atom stereocenters. The summed E-state index contributed by atoms with van der Waals surface area (Å²) >= 11 is 0. The Labute approximate surface area is 188 Å². The summed E-state index contributed by atoms with van der Waals surface area (Å²) in [5.74, 6) is -0.304. The molecule has 7 heteroatoms. The first-order valence-electron chi connectivity index (χ1n) is 10.7. The summed E-state index contributed by atoms with van der Waals surface area (Å²) in [5.41, 5.74) is 1.19. The third kappa shape index (κ3) is 4.94. The van der Waals surface area contributed by atoms with E-state index in [9.17, 15) is 14.7 Å². The monoisotopic (exact) mass is 439 g/mol. The second-order valence-electron chi connectivity index (χ2n) is 7.30. The van der Waals surface area contributed by atoms with Gasteiger partial charge in [-0.1, -0.05) is 24.3 Å². The van der Waals surface area contributed by atoms with Gasteiger partial charge in [0.25, 0.3) is 11.7 Å². The first-order chi connectivity index (χ1) is 15.5. The van der Waals surface area contributed by atoms with Crippen LogP contribution in [0.25, 0.3) is 5.76 Å². The van der Waals surface area contributed by atoms with E-state index in [1.54, 1.807) is 43.5 Å². The molecule has 0 aliphatic carbocycles. The van der Waals surface area contributed by atoms with Gasteiger partial charge in [0.05, 0.1) is 24.8 Å². The number of hydrogen-bond donors (Lipinski definition) is 1. The van der Waals surface area contributed by atoms with Gasteiger partial charge in [0.1, 0.15) is 17.3 Å². The number of rotatable bonds is 10. The van der Waals surface area contributed by atoms with E-state index in [2.05, 4.69) is 0 Å². The number of benzene rings is 2. The Hall–Kier alpha value is -3.32. The van der Waals surface area contributed by atoms with Crippen molar-refractivity contribution < 1.29 is 28.9 Å². The van der Waals surface area contributed by atoms with Crippen LogP contribution in [0.3, 0.4) is 0 Å². The lowest BCUT2D eigenvalue weighted by atomic mass is 9.95. The number of aliphatic hydroxyl groups is 1. The lowest BCUT2D eigenvalue weighted by molar-refractivity contribution is -0.140. The van der Waals surface area contributed by atoms with E-state index in [1.807, 2.05) is 26.0 Å². The Bertz CT molecular complexity index is 982. The summed E-state index contributed by atoms with van der Waals surface area (Å²) in [6.45, 7) is 5.55. The predicted molar refractivity (Wildman–Crippen MR) is 121 cm³/mol. The van der Waals surface area contributed by atoms with Crippen molar-refractivity contribution in [3.63, 3.8) is 0 Å².